The van der Waals surface area contributed by atoms with Crippen molar-refractivity contribution in [2.24, 2.45) is 0 Å². The van der Waals surface area contributed by atoms with Gasteiger partial charge in [-0.25, -0.2) is 0 Å². The Hall–Kier alpha value is -0.0500. The molecule has 1 N–H and O–H groups in total. The van der Waals surface area contributed by atoms with Crippen LogP contribution in [-0.2, 0) is 6.42 Å². The van der Waals surface area contributed by atoms with Crippen molar-refractivity contribution in [2.45, 2.75) is 18.9 Å². The van der Waals surface area contributed by atoms with Gasteiger partial charge >= 0.3 is 0 Å². The Balaban J connectivity index is 2.13. The predicted molar refractivity (Wildman–Crippen MR) is 59.3 cm³/mol. The summed E-state index contributed by atoms with van der Waals surface area (Å²) in [6, 6.07) is 6.65. The van der Waals surface area contributed by atoms with E-state index in [1.165, 1.54) is 12.0 Å². The van der Waals surface area contributed by atoms with Crippen LogP contribution in [0.1, 0.15) is 12.0 Å². The largest absolute Gasteiger partial charge is 0.314 e. The Morgan fingerprint density at radius 3 is 2.92 bits per heavy atom. The molecule has 2 rings (SSSR count). The zero-order valence-corrected chi connectivity index (χ0v) is 9.53. The van der Waals surface area contributed by atoms with Crippen LogP contribution in [0.4, 0.5) is 0 Å². The number of benzene rings is 1. The summed E-state index contributed by atoms with van der Waals surface area (Å²) in [5.74, 6) is 0. The molecule has 0 saturated carbocycles. The second-order valence-electron chi connectivity index (χ2n) is 3.38. The summed E-state index contributed by atoms with van der Waals surface area (Å²) in [5.41, 5.74) is 1.23. The van der Waals surface area contributed by atoms with Gasteiger partial charge in [-0.2, -0.15) is 0 Å². The molecule has 0 amide bonds. The molecule has 0 spiro atoms. The second kappa shape index (κ2) is 3.99. The molecule has 0 bridgehead atoms. The summed E-state index contributed by atoms with van der Waals surface area (Å²) in [7, 11) is 0. The van der Waals surface area contributed by atoms with Gasteiger partial charge in [-0.15, -0.1) is 0 Å². The molecule has 13 heavy (non-hydrogen) atoms. The topological polar surface area (TPSA) is 12.0 Å². The monoisotopic (exact) mass is 259 g/mol. The van der Waals surface area contributed by atoms with Gasteiger partial charge in [0.05, 0.1) is 0 Å². The van der Waals surface area contributed by atoms with E-state index in [9.17, 15) is 0 Å². The molecular weight excluding hydrogens is 249 g/mol. The van der Waals surface area contributed by atoms with E-state index in [-0.39, 0.29) is 0 Å². The van der Waals surface area contributed by atoms with Gasteiger partial charge in [0.15, 0.2) is 0 Å². The van der Waals surface area contributed by atoms with Crippen molar-refractivity contribution in [2.75, 3.05) is 6.54 Å². The highest BCUT2D eigenvalue weighted by atomic mass is 79.9. The first-order valence-electron chi connectivity index (χ1n) is 4.43. The Morgan fingerprint density at radius 1 is 1.54 bits per heavy atom. The molecule has 1 saturated heterocycles. The number of nitrogens with one attached hydrogen (secondary N) is 1. The highest BCUT2D eigenvalue weighted by Crippen LogP contribution is 2.23. The lowest BCUT2D eigenvalue weighted by Crippen LogP contribution is -2.44. The Morgan fingerprint density at radius 2 is 2.31 bits per heavy atom. The molecule has 3 heteroatoms. The van der Waals surface area contributed by atoms with E-state index in [0.717, 1.165) is 22.5 Å². The number of rotatable bonds is 2. The first kappa shape index (κ1) is 9.50. The molecule has 1 nitrogen and oxygen atoms in total. The lowest BCUT2D eigenvalue weighted by Gasteiger charge is -2.27. The number of hydrogen-bond donors (Lipinski definition) is 1. The van der Waals surface area contributed by atoms with E-state index in [2.05, 4.69) is 27.3 Å². The molecular formula is C10H11BrClN. The van der Waals surface area contributed by atoms with Gasteiger partial charge in [-0.05, 0) is 43.1 Å². The zero-order chi connectivity index (χ0) is 9.26. The van der Waals surface area contributed by atoms with Crippen molar-refractivity contribution in [1.29, 1.82) is 0 Å². The van der Waals surface area contributed by atoms with Crippen LogP contribution in [0.15, 0.2) is 22.7 Å². The van der Waals surface area contributed by atoms with Crippen molar-refractivity contribution >= 4 is 27.5 Å². The van der Waals surface area contributed by atoms with Gasteiger partial charge in [-0.1, -0.05) is 27.5 Å². The average Bonchev–Trinajstić information content (AvgIpc) is 2.03. The summed E-state index contributed by atoms with van der Waals surface area (Å²) in [5, 5.41) is 4.24. The molecule has 70 valence electrons. The van der Waals surface area contributed by atoms with Crippen molar-refractivity contribution < 1.29 is 0 Å². The molecule has 1 aromatic carbocycles. The standard InChI is InChI=1S/C10H11BrClN/c11-8-1-2-10(12)7(5-8)6-9-3-4-13-9/h1-2,5,9,13H,3-4,6H2. The Bertz CT molecular complexity index is 310. The first-order valence-corrected chi connectivity index (χ1v) is 5.60. The lowest BCUT2D eigenvalue weighted by atomic mass is 9.98. The zero-order valence-electron chi connectivity index (χ0n) is 7.19. The van der Waals surface area contributed by atoms with Crippen LogP contribution in [-0.4, -0.2) is 12.6 Å². The smallest absolute Gasteiger partial charge is 0.0439 e. The lowest BCUT2D eigenvalue weighted by molar-refractivity contribution is 0.369. The minimum atomic E-state index is 0.631. The summed E-state index contributed by atoms with van der Waals surface area (Å²) in [6.45, 7) is 1.15. The van der Waals surface area contributed by atoms with Crippen LogP contribution >= 0.6 is 27.5 Å². The fraction of sp³-hybridized carbons (Fsp3) is 0.400. The maximum atomic E-state index is 6.07. The van der Waals surface area contributed by atoms with Gasteiger partial charge in [0, 0.05) is 15.5 Å². The third kappa shape index (κ3) is 2.25. The second-order valence-corrected chi connectivity index (χ2v) is 4.70. The molecule has 1 atom stereocenters. The molecule has 1 aromatic rings. The number of hydrogen-bond acceptors (Lipinski definition) is 1. The van der Waals surface area contributed by atoms with Crippen LogP contribution in [0.5, 0.6) is 0 Å². The van der Waals surface area contributed by atoms with Gasteiger partial charge in [-0.3, -0.25) is 0 Å². The van der Waals surface area contributed by atoms with Gasteiger partial charge in [0.25, 0.3) is 0 Å². The van der Waals surface area contributed by atoms with E-state index in [0.29, 0.717) is 6.04 Å². The summed E-state index contributed by atoms with van der Waals surface area (Å²) in [4.78, 5) is 0. The third-order valence-corrected chi connectivity index (χ3v) is 3.26. The third-order valence-electron chi connectivity index (χ3n) is 2.40. The number of halogens is 2. The van der Waals surface area contributed by atoms with Crippen molar-refractivity contribution in [3.63, 3.8) is 0 Å². The maximum Gasteiger partial charge on any atom is 0.0439 e. The molecule has 1 aliphatic rings. The van der Waals surface area contributed by atoms with E-state index in [1.54, 1.807) is 0 Å². The van der Waals surface area contributed by atoms with Gasteiger partial charge in [0.2, 0.25) is 0 Å². The van der Waals surface area contributed by atoms with E-state index >= 15 is 0 Å². The van der Waals surface area contributed by atoms with Gasteiger partial charge < -0.3 is 5.32 Å². The molecule has 0 aliphatic carbocycles. The Kier molecular flexibility index (Phi) is 2.92. The minimum Gasteiger partial charge on any atom is -0.314 e. The van der Waals surface area contributed by atoms with Crippen molar-refractivity contribution in [3.8, 4) is 0 Å². The molecule has 1 fully saturated rings. The minimum absolute atomic E-state index is 0.631. The molecule has 0 radical (unpaired) electrons. The highest BCUT2D eigenvalue weighted by molar-refractivity contribution is 9.10. The Labute approximate surface area is 91.6 Å². The van der Waals surface area contributed by atoms with E-state index in [1.807, 2.05) is 12.1 Å². The van der Waals surface area contributed by atoms with E-state index in [4.69, 9.17) is 11.6 Å². The summed E-state index contributed by atoms with van der Waals surface area (Å²) < 4.78 is 1.10. The van der Waals surface area contributed by atoms with Crippen LogP contribution in [0.3, 0.4) is 0 Å². The average molecular weight is 261 g/mol. The molecule has 1 aliphatic heterocycles. The molecule has 0 aromatic heterocycles. The quantitative estimate of drug-likeness (QED) is 0.862. The fourth-order valence-electron chi connectivity index (χ4n) is 1.49. The first-order chi connectivity index (χ1) is 6.25. The summed E-state index contributed by atoms with van der Waals surface area (Å²) >= 11 is 9.52. The molecule has 1 heterocycles. The van der Waals surface area contributed by atoms with Gasteiger partial charge in [0.1, 0.15) is 0 Å². The predicted octanol–water partition coefficient (Wildman–Crippen LogP) is 3.01. The summed E-state index contributed by atoms with van der Waals surface area (Å²) in [6.07, 6.45) is 2.31. The van der Waals surface area contributed by atoms with Crippen molar-refractivity contribution in [1.82, 2.24) is 5.32 Å². The van der Waals surface area contributed by atoms with Crippen LogP contribution in [0.25, 0.3) is 0 Å². The highest BCUT2D eigenvalue weighted by Gasteiger charge is 2.17. The van der Waals surface area contributed by atoms with Crippen LogP contribution in [0, 0.1) is 0 Å². The SMILES string of the molecule is Clc1ccc(Br)cc1CC1CCN1. The van der Waals surface area contributed by atoms with Crippen LogP contribution in [0.2, 0.25) is 5.02 Å². The van der Waals surface area contributed by atoms with Crippen molar-refractivity contribution in [3.05, 3.63) is 33.3 Å². The van der Waals surface area contributed by atoms with Crippen LogP contribution < -0.4 is 5.32 Å². The maximum absolute atomic E-state index is 6.07. The van der Waals surface area contributed by atoms with E-state index < -0.39 is 0 Å². The fourth-order valence-corrected chi connectivity index (χ4v) is 2.09. The normalized spacial score (nSPS) is 21.2. The molecule has 1 unspecified atom stereocenters.